The molecule has 1 aromatic rings. The Balaban J connectivity index is 1.91. The van der Waals surface area contributed by atoms with Gasteiger partial charge < -0.3 is 4.74 Å². The van der Waals surface area contributed by atoms with Gasteiger partial charge in [0.15, 0.2) is 5.78 Å². The van der Waals surface area contributed by atoms with Crippen molar-refractivity contribution in [1.82, 2.24) is 0 Å². The third-order valence-corrected chi connectivity index (χ3v) is 4.46. The number of methoxy groups -OCH3 is 1. The molecule has 0 aromatic heterocycles. The van der Waals surface area contributed by atoms with Crippen LogP contribution in [-0.4, -0.2) is 18.3 Å². The number of ketones is 1. The number of halogens is 1. The zero-order valence-electron chi connectivity index (χ0n) is 11.4. The molecule has 0 aliphatic heterocycles. The number of carbonyl (C=O) groups excluding carboxylic acids is 1. The third kappa shape index (κ3) is 3.97. The van der Waals surface area contributed by atoms with Crippen LogP contribution in [0.15, 0.2) is 24.3 Å². The molecule has 1 aliphatic carbocycles. The topological polar surface area (TPSA) is 26.3 Å². The Morgan fingerprint density at radius 3 is 2.47 bits per heavy atom. The van der Waals surface area contributed by atoms with Gasteiger partial charge in [0.2, 0.25) is 0 Å². The van der Waals surface area contributed by atoms with Gasteiger partial charge in [-0.25, -0.2) is 0 Å². The minimum atomic E-state index is -0.0186. The van der Waals surface area contributed by atoms with Crippen LogP contribution in [0.3, 0.4) is 0 Å². The summed E-state index contributed by atoms with van der Waals surface area (Å²) in [7, 11) is 1.62. The second kappa shape index (κ2) is 6.95. The predicted octanol–water partition coefficient (Wildman–Crippen LogP) is 4.46. The quantitative estimate of drug-likeness (QED) is 0.588. The molecule has 0 spiro atoms. The van der Waals surface area contributed by atoms with Crippen LogP contribution >= 0.6 is 11.6 Å². The van der Waals surface area contributed by atoms with E-state index in [-0.39, 0.29) is 11.2 Å². The van der Waals surface area contributed by atoms with Crippen LogP contribution in [0.2, 0.25) is 0 Å². The SMILES string of the molecule is COc1ccc(C(=O)CC(Cl)C2CCCCC2)cc1. The Morgan fingerprint density at radius 1 is 1.26 bits per heavy atom. The van der Waals surface area contributed by atoms with E-state index in [4.69, 9.17) is 16.3 Å². The molecule has 104 valence electrons. The van der Waals surface area contributed by atoms with Crippen LogP contribution in [-0.2, 0) is 0 Å². The summed E-state index contributed by atoms with van der Waals surface area (Å²) in [6, 6.07) is 7.26. The Kier molecular flexibility index (Phi) is 5.26. The molecule has 2 nitrogen and oxygen atoms in total. The van der Waals surface area contributed by atoms with Gasteiger partial charge in [-0.2, -0.15) is 0 Å². The number of rotatable bonds is 5. The van der Waals surface area contributed by atoms with E-state index in [1.165, 1.54) is 32.1 Å². The molecule has 0 heterocycles. The highest BCUT2D eigenvalue weighted by Gasteiger charge is 2.24. The molecule has 1 unspecified atom stereocenters. The van der Waals surface area contributed by atoms with Crippen molar-refractivity contribution in [3.05, 3.63) is 29.8 Å². The van der Waals surface area contributed by atoms with Crippen LogP contribution < -0.4 is 4.74 Å². The number of hydrogen-bond donors (Lipinski definition) is 0. The molecule has 3 heteroatoms. The maximum absolute atomic E-state index is 12.2. The van der Waals surface area contributed by atoms with Crippen molar-refractivity contribution in [2.24, 2.45) is 5.92 Å². The van der Waals surface area contributed by atoms with E-state index in [1.807, 2.05) is 24.3 Å². The molecule has 0 N–H and O–H groups in total. The number of carbonyl (C=O) groups is 1. The Bertz CT molecular complexity index is 407. The molecule has 0 saturated heterocycles. The van der Waals surface area contributed by atoms with Crippen LogP contribution in [0.25, 0.3) is 0 Å². The lowest BCUT2D eigenvalue weighted by Gasteiger charge is -2.25. The molecular formula is C16H21ClO2. The lowest BCUT2D eigenvalue weighted by atomic mass is 9.85. The number of Topliss-reactive ketones (excluding diaryl/α,β-unsaturated/α-hetero) is 1. The van der Waals surface area contributed by atoms with Crippen molar-refractivity contribution < 1.29 is 9.53 Å². The third-order valence-electron chi connectivity index (χ3n) is 3.95. The standard InChI is InChI=1S/C16H21ClO2/c1-19-14-9-7-13(8-10-14)16(18)11-15(17)12-5-3-2-4-6-12/h7-10,12,15H,2-6,11H2,1H3. The van der Waals surface area contributed by atoms with Crippen molar-refractivity contribution in [3.8, 4) is 5.75 Å². The Labute approximate surface area is 120 Å². The molecule has 2 rings (SSSR count). The number of benzene rings is 1. The summed E-state index contributed by atoms with van der Waals surface area (Å²) in [5.41, 5.74) is 0.724. The first-order valence-corrected chi connectivity index (χ1v) is 7.45. The van der Waals surface area contributed by atoms with Crippen molar-refractivity contribution >= 4 is 17.4 Å². The van der Waals surface area contributed by atoms with E-state index in [0.29, 0.717) is 12.3 Å². The highest BCUT2D eigenvalue weighted by atomic mass is 35.5. The molecule has 1 fully saturated rings. The molecular weight excluding hydrogens is 260 g/mol. The number of hydrogen-bond acceptors (Lipinski definition) is 2. The first-order chi connectivity index (χ1) is 9.20. The second-order valence-electron chi connectivity index (χ2n) is 5.27. The van der Waals surface area contributed by atoms with Crippen molar-refractivity contribution in [2.45, 2.75) is 43.9 Å². The van der Waals surface area contributed by atoms with Crippen molar-refractivity contribution in [3.63, 3.8) is 0 Å². The van der Waals surface area contributed by atoms with Gasteiger partial charge in [-0.05, 0) is 43.0 Å². The Hall–Kier alpha value is -1.02. The van der Waals surface area contributed by atoms with E-state index in [2.05, 4.69) is 0 Å². The van der Waals surface area contributed by atoms with E-state index in [0.717, 1.165) is 11.3 Å². The van der Waals surface area contributed by atoms with Crippen LogP contribution in [0.4, 0.5) is 0 Å². The van der Waals surface area contributed by atoms with Gasteiger partial charge in [-0.3, -0.25) is 4.79 Å². The summed E-state index contributed by atoms with van der Waals surface area (Å²) >= 11 is 6.42. The van der Waals surface area contributed by atoms with Gasteiger partial charge in [0, 0.05) is 17.4 Å². The van der Waals surface area contributed by atoms with Crippen LogP contribution in [0, 0.1) is 5.92 Å². The molecule has 1 atom stereocenters. The summed E-state index contributed by atoms with van der Waals surface area (Å²) in [6.07, 6.45) is 6.61. The summed E-state index contributed by atoms with van der Waals surface area (Å²) in [4.78, 5) is 12.2. The molecule has 19 heavy (non-hydrogen) atoms. The van der Waals surface area contributed by atoms with Gasteiger partial charge >= 0.3 is 0 Å². The average molecular weight is 281 g/mol. The highest BCUT2D eigenvalue weighted by molar-refractivity contribution is 6.22. The van der Waals surface area contributed by atoms with E-state index in [9.17, 15) is 4.79 Å². The zero-order chi connectivity index (χ0) is 13.7. The second-order valence-corrected chi connectivity index (χ2v) is 5.83. The summed E-state index contributed by atoms with van der Waals surface area (Å²) in [6.45, 7) is 0. The molecule has 0 radical (unpaired) electrons. The highest BCUT2D eigenvalue weighted by Crippen LogP contribution is 2.31. The van der Waals surface area contributed by atoms with Crippen LogP contribution in [0.1, 0.15) is 48.9 Å². The van der Waals surface area contributed by atoms with E-state index < -0.39 is 0 Å². The fraction of sp³-hybridized carbons (Fsp3) is 0.562. The number of ether oxygens (including phenoxy) is 1. The lowest BCUT2D eigenvalue weighted by molar-refractivity contribution is 0.0972. The van der Waals surface area contributed by atoms with E-state index >= 15 is 0 Å². The first kappa shape index (κ1) is 14.4. The normalized spacial score (nSPS) is 18.0. The maximum atomic E-state index is 12.2. The molecule has 0 bridgehead atoms. The minimum absolute atomic E-state index is 0.0186. The molecule has 1 aliphatic rings. The maximum Gasteiger partial charge on any atom is 0.164 e. The van der Waals surface area contributed by atoms with E-state index in [1.54, 1.807) is 7.11 Å². The number of alkyl halides is 1. The fourth-order valence-corrected chi connectivity index (χ4v) is 3.13. The van der Waals surface area contributed by atoms with Crippen molar-refractivity contribution in [1.29, 1.82) is 0 Å². The van der Waals surface area contributed by atoms with Crippen LogP contribution in [0.5, 0.6) is 5.75 Å². The largest absolute Gasteiger partial charge is 0.497 e. The van der Waals surface area contributed by atoms with Gasteiger partial charge in [0.05, 0.1) is 7.11 Å². The first-order valence-electron chi connectivity index (χ1n) is 7.02. The minimum Gasteiger partial charge on any atom is -0.497 e. The fourth-order valence-electron chi connectivity index (χ4n) is 2.73. The van der Waals surface area contributed by atoms with Gasteiger partial charge in [0.25, 0.3) is 0 Å². The monoisotopic (exact) mass is 280 g/mol. The van der Waals surface area contributed by atoms with Gasteiger partial charge in [-0.15, -0.1) is 11.6 Å². The smallest absolute Gasteiger partial charge is 0.164 e. The van der Waals surface area contributed by atoms with Gasteiger partial charge in [-0.1, -0.05) is 19.3 Å². The lowest BCUT2D eigenvalue weighted by Crippen LogP contribution is -2.21. The predicted molar refractivity (Wildman–Crippen MR) is 78.2 cm³/mol. The molecule has 1 saturated carbocycles. The van der Waals surface area contributed by atoms with Gasteiger partial charge in [0.1, 0.15) is 5.75 Å². The summed E-state index contributed by atoms with van der Waals surface area (Å²) < 4.78 is 5.09. The zero-order valence-corrected chi connectivity index (χ0v) is 12.2. The average Bonchev–Trinajstić information content (AvgIpc) is 2.48. The molecule has 0 amide bonds. The summed E-state index contributed by atoms with van der Waals surface area (Å²) in [5.74, 6) is 1.41. The molecule has 1 aromatic carbocycles. The summed E-state index contributed by atoms with van der Waals surface area (Å²) in [5, 5.41) is -0.0186. The van der Waals surface area contributed by atoms with Crippen molar-refractivity contribution in [2.75, 3.05) is 7.11 Å². The Morgan fingerprint density at radius 2 is 1.89 bits per heavy atom.